The number of thioether (sulfide) groups is 1. The summed E-state index contributed by atoms with van der Waals surface area (Å²) in [5, 5.41) is 22.1. The van der Waals surface area contributed by atoms with Crippen molar-refractivity contribution in [3.05, 3.63) is 83.0 Å². The van der Waals surface area contributed by atoms with Crippen LogP contribution in [0.1, 0.15) is 27.0 Å². The highest BCUT2D eigenvalue weighted by atomic mass is 32.2. The number of fused-ring (bicyclic) bond motifs is 1. The minimum atomic E-state index is -2.01. The molecular weight excluding hydrogens is 536 g/mol. The van der Waals surface area contributed by atoms with Gasteiger partial charge >= 0.3 is 0 Å². The Morgan fingerprint density at radius 3 is 2.39 bits per heavy atom. The molecule has 0 saturated carbocycles. The maximum atomic E-state index is 13.1. The van der Waals surface area contributed by atoms with Crippen LogP contribution in [0.15, 0.2) is 60.8 Å². The van der Waals surface area contributed by atoms with Crippen LogP contribution in [0.5, 0.6) is 0 Å². The molecule has 2 aliphatic heterocycles. The van der Waals surface area contributed by atoms with E-state index < -0.39 is 5.91 Å². The Morgan fingerprint density at radius 1 is 0.927 bits per heavy atom. The van der Waals surface area contributed by atoms with Crippen molar-refractivity contribution in [3.8, 4) is 22.4 Å². The van der Waals surface area contributed by atoms with Crippen molar-refractivity contribution in [2.75, 3.05) is 50.9 Å². The third-order valence-electron chi connectivity index (χ3n) is 7.97. The average molecular weight is 571 g/mol. The number of amides is 1. The Bertz CT molecular complexity index is 1600. The van der Waals surface area contributed by atoms with Gasteiger partial charge < -0.3 is 19.8 Å². The molecule has 3 heterocycles. The van der Waals surface area contributed by atoms with E-state index in [1.54, 1.807) is 17.2 Å². The monoisotopic (exact) mass is 570 g/mol. The molecule has 0 spiro atoms. The second-order valence-corrected chi connectivity index (χ2v) is 11.9. The van der Waals surface area contributed by atoms with E-state index in [1.807, 2.05) is 79.0 Å². The van der Waals surface area contributed by atoms with E-state index in [2.05, 4.69) is 0 Å². The number of morpholine rings is 1. The molecule has 2 aliphatic rings. The maximum absolute atomic E-state index is 13.1. The molecular formula is C32H34N4O4S. The Morgan fingerprint density at radius 2 is 1.66 bits per heavy atom. The van der Waals surface area contributed by atoms with E-state index in [4.69, 9.17) is 14.7 Å². The van der Waals surface area contributed by atoms with E-state index in [9.17, 15) is 15.0 Å². The fraction of sp³-hybridized carbons (Fsp3) is 0.344. The number of rotatable bonds is 5. The largest absolute Gasteiger partial charge is 0.378 e. The first-order valence-corrected chi connectivity index (χ1v) is 15.1. The standard InChI is InChI=1S/C32H34N4O4S/c1-21-18-24(6-8-25(21)31(37)35-10-14-40-15-11-35)29-20-33-28-5-3-4-26(30(28)34-29)23-7-9-27(22(2)19-23)32(38,39)36-12-16-41-17-13-36/h3-9,18-20,38-39H,10-17H2,1-2H3. The molecule has 0 atom stereocenters. The van der Waals surface area contributed by atoms with E-state index >= 15 is 0 Å². The van der Waals surface area contributed by atoms with Crippen molar-refractivity contribution in [1.82, 2.24) is 19.8 Å². The van der Waals surface area contributed by atoms with Crippen LogP contribution in [0, 0.1) is 13.8 Å². The molecule has 4 aromatic rings. The molecule has 6 rings (SSSR count). The molecule has 0 bridgehead atoms. The number of ether oxygens (including phenoxy) is 1. The molecule has 1 amide bonds. The molecule has 3 aromatic carbocycles. The predicted molar refractivity (Wildman–Crippen MR) is 162 cm³/mol. The molecule has 1 aromatic heterocycles. The quantitative estimate of drug-likeness (QED) is 0.345. The molecule has 41 heavy (non-hydrogen) atoms. The van der Waals surface area contributed by atoms with Gasteiger partial charge in [-0.15, -0.1) is 0 Å². The van der Waals surface area contributed by atoms with Gasteiger partial charge in [-0.05, 0) is 48.7 Å². The van der Waals surface area contributed by atoms with Crippen LogP contribution in [-0.2, 0) is 10.6 Å². The first kappa shape index (κ1) is 27.8. The van der Waals surface area contributed by atoms with Crippen molar-refractivity contribution in [2.24, 2.45) is 0 Å². The summed E-state index contributed by atoms with van der Waals surface area (Å²) in [5.74, 6) is -0.230. The summed E-state index contributed by atoms with van der Waals surface area (Å²) in [7, 11) is 0. The highest BCUT2D eigenvalue weighted by molar-refractivity contribution is 7.99. The van der Waals surface area contributed by atoms with Crippen LogP contribution in [0.2, 0.25) is 0 Å². The summed E-state index contributed by atoms with van der Waals surface area (Å²) in [6, 6.07) is 17.4. The number of benzene rings is 3. The second kappa shape index (κ2) is 11.5. The molecule has 2 saturated heterocycles. The minimum absolute atomic E-state index is 0.0250. The van der Waals surface area contributed by atoms with Crippen molar-refractivity contribution in [2.45, 2.75) is 19.8 Å². The van der Waals surface area contributed by atoms with Crippen LogP contribution in [0.4, 0.5) is 0 Å². The normalized spacial score (nSPS) is 16.7. The number of aliphatic hydroxyl groups is 2. The van der Waals surface area contributed by atoms with E-state index in [0.29, 0.717) is 50.5 Å². The molecule has 212 valence electrons. The Labute approximate surface area is 244 Å². The molecule has 8 nitrogen and oxygen atoms in total. The van der Waals surface area contributed by atoms with Gasteiger partial charge in [-0.25, -0.2) is 9.88 Å². The van der Waals surface area contributed by atoms with Gasteiger partial charge in [0.15, 0.2) is 0 Å². The van der Waals surface area contributed by atoms with Gasteiger partial charge in [0.1, 0.15) is 0 Å². The number of hydrogen-bond donors (Lipinski definition) is 2. The van der Waals surface area contributed by atoms with Gasteiger partial charge in [-0.1, -0.05) is 36.4 Å². The van der Waals surface area contributed by atoms with Gasteiger partial charge in [0.05, 0.1) is 36.1 Å². The highest BCUT2D eigenvalue weighted by Crippen LogP contribution is 2.34. The number of para-hydroxylation sites is 1. The third-order valence-corrected chi connectivity index (χ3v) is 8.92. The minimum Gasteiger partial charge on any atom is -0.378 e. The zero-order valence-corrected chi connectivity index (χ0v) is 24.2. The van der Waals surface area contributed by atoms with E-state index in [1.165, 1.54) is 0 Å². The van der Waals surface area contributed by atoms with Crippen molar-refractivity contribution >= 4 is 28.7 Å². The SMILES string of the molecule is Cc1cc(-c2cnc3cccc(-c4ccc(C(O)(O)N5CCSCC5)c(C)c4)c3n2)ccc1C(=O)N1CCOCC1. The lowest BCUT2D eigenvalue weighted by molar-refractivity contribution is -0.273. The van der Waals surface area contributed by atoms with Crippen LogP contribution >= 0.6 is 11.8 Å². The van der Waals surface area contributed by atoms with Gasteiger partial charge in [0, 0.05) is 59.9 Å². The average Bonchev–Trinajstić information content (AvgIpc) is 3.01. The van der Waals surface area contributed by atoms with E-state index in [-0.39, 0.29) is 5.91 Å². The van der Waals surface area contributed by atoms with Crippen LogP contribution in [-0.4, -0.2) is 86.8 Å². The van der Waals surface area contributed by atoms with Gasteiger partial charge in [0.2, 0.25) is 0 Å². The van der Waals surface area contributed by atoms with Crippen molar-refractivity contribution in [3.63, 3.8) is 0 Å². The van der Waals surface area contributed by atoms with Crippen LogP contribution < -0.4 is 0 Å². The zero-order chi connectivity index (χ0) is 28.6. The number of nitrogens with zero attached hydrogens (tertiary/aromatic N) is 4. The second-order valence-electron chi connectivity index (χ2n) is 10.6. The number of aryl methyl sites for hydroxylation is 2. The summed E-state index contributed by atoms with van der Waals surface area (Å²) in [4.78, 5) is 26.3. The Hall–Kier alpha value is -3.34. The van der Waals surface area contributed by atoms with Crippen molar-refractivity contribution in [1.29, 1.82) is 0 Å². The fourth-order valence-corrected chi connectivity index (χ4v) is 6.56. The van der Waals surface area contributed by atoms with Crippen molar-refractivity contribution < 1.29 is 19.7 Å². The lowest BCUT2D eigenvalue weighted by Crippen LogP contribution is -2.50. The lowest BCUT2D eigenvalue weighted by atomic mass is 9.96. The number of carbonyl (C=O) groups is 1. The summed E-state index contributed by atoms with van der Waals surface area (Å²) in [6.07, 6.45) is 1.77. The fourth-order valence-electron chi connectivity index (χ4n) is 5.66. The third kappa shape index (κ3) is 5.48. The summed E-state index contributed by atoms with van der Waals surface area (Å²) in [5.41, 5.74) is 7.85. The lowest BCUT2D eigenvalue weighted by Gasteiger charge is -2.38. The Kier molecular flexibility index (Phi) is 7.80. The summed E-state index contributed by atoms with van der Waals surface area (Å²) >= 11 is 1.83. The topological polar surface area (TPSA) is 99.0 Å². The number of hydrogen-bond acceptors (Lipinski definition) is 8. The maximum Gasteiger partial charge on any atom is 0.254 e. The smallest absolute Gasteiger partial charge is 0.254 e. The predicted octanol–water partition coefficient (Wildman–Crippen LogP) is 4.20. The highest BCUT2D eigenvalue weighted by Gasteiger charge is 2.36. The van der Waals surface area contributed by atoms with E-state index in [0.717, 1.165) is 56.1 Å². The molecule has 0 unspecified atom stereocenters. The summed E-state index contributed by atoms with van der Waals surface area (Å²) < 4.78 is 5.39. The molecule has 2 N–H and O–H groups in total. The Balaban J connectivity index is 1.32. The first-order valence-electron chi connectivity index (χ1n) is 14.0. The number of carbonyl (C=O) groups excluding carboxylic acids is 1. The molecule has 9 heteroatoms. The van der Waals surface area contributed by atoms with Gasteiger partial charge in [0.25, 0.3) is 11.8 Å². The molecule has 0 radical (unpaired) electrons. The molecule has 2 fully saturated rings. The zero-order valence-electron chi connectivity index (χ0n) is 23.3. The number of aromatic nitrogens is 2. The molecule has 0 aliphatic carbocycles. The summed E-state index contributed by atoms with van der Waals surface area (Å²) in [6.45, 7) is 7.46. The van der Waals surface area contributed by atoms with Gasteiger partial charge in [-0.3, -0.25) is 9.78 Å². The van der Waals surface area contributed by atoms with Crippen LogP contribution in [0.3, 0.4) is 0 Å². The first-order chi connectivity index (χ1) is 19.8. The van der Waals surface area contributed by atoms with Gasteiger partial charge in [-0.2, -0.15) is 11.8 Å². The van der Waals surface area contributed by atoms with Crippen LogP contribution in [0.25, 0.3) is 33.4 Å².